The highest BCUT2D eigenvalue weighted by molar-refractivity contribution is 6.05. The number of unbranched alkanes of at least 4 members (excludes halogenated alkanes) is 1. The van der Waals surface area contributed by atoms with Crippen molar-refractivity contribution in [2.45, 2.75) is 58.5 Å². The summed E-state index contributed by atoms with van der Waals surface area (Å²) in [6.07, 6.45) is 5.46. The number of pyridine rings is 1. The highest BCUT2D eigenvalue weighted by Gasteiger charge is 2.33. The summed E-state index contributed by atoms with van der Waals surface area (Å²) in [6.45, 7) is 6.91. The highest BCUT2D eigenvalue weighted by Crippen LogP contribution is 2.30. The molecule has 1 amide bonds. The minimum atomic E-state index is 0.0641. The molecule has 6 nitrogen and oxygen atoms in total. The van der Waals surface area contributed by atoms with E-state index < -0.39 is 0 Å². The molecule has 0 bridgehead atoms. The Labute approximate surface area is 142 Å². The lowest BCUT2D eigenvalue weighted by atomic mass is 10.1. The molecule has 130 valence electrons. The van der Waals surface area contributed by atoms with Crippen molar-refractivity contribution in [3.63, 3.8) is 0 Å². The van der Waals surface area contributed by atoms with E-state index in [1.54, 1.807) is 6.20 Å². The third kappa shape index (κ3) is 3.29. The molecule has 1 fully saturated rings. The van der Waals surface area contributed by atoms with Crippen molar-refractivity contribution in [2.75, 3.05) is 13.2 Å². The summed E-state index contributed by atoms with van der Waals surface area (Å²) >= 11 is 0. The molecule has 0 unspecified atom stereocenters. The maximum atomic E-state index is 13.2. The number of fused-ring (bicyclic) bond motifs is 1. The fourth-order valence-electron chi connectivity index (χ4n) is 3.08. The van der Waals surface area contributed by atoms with Crippen LogP contribution in [0.25, 0.3) is 11.0 Å². The standard InChI is InChI=1S/C18H26N4O2/c1-12(2)22-17-16(11-19-22)15(10-13(3)20-17)18(24)21(14-6-7-14)8-4-5-9-23/h10-12,14,23H,4-9H2,1-3H3. The smallest absolute Gasteiger partial charge is 0.254 e. The van der Waals surface area contributed by atoms with Crippen molar-refractivity contribution in [1.29, 1.82) is 0 Å². The zero-order valence-electron chi connectivity index (χ0n) is 14.7. The summed E-state index contributed by atoms with van der Waals surface area (Å²) in [5, 5.41) is 14.2. The topological polar surface area (TPSA) is 71.2 Å². The summed E-state index contributed by atoms with van der Waals surface area (Å²) in [5.74, 6) is 0.0641. The third-order valence-electron chi connectivity index (χ3n) is 4.47. The quantitative estimate of drug-likeness (QED) is 0.792. The molecule has 0 aliphatic heterocycles. The number of aryl methyl sites for hydroxylation is 1. The molecule has 1 N–H and O–H groups in total. The number of hydrogen-bond donors (Lipinski definition) is 1. The Kier molecular flexibility index (Phi) is 4.85. The number of rotatable bonds is 7. The Morgan fingerprint density at radius 3 is 2.79 bits per heavy atom. The SMILES string of the molecule is Cc1cc(C(=O)N(CCCCO)C2CC2)c2cnn(C(C)C)c2n1. The predicted octanol–water partition coefficient (Wildman–Crippen LogP) is 2.70. The van der Waals surface area contributed by atoms with E-state index >= 15 is 0 Å². The largest absolute Gasteiger partial charge is 0.396 e. The van der Waals surface area contributed by atoms with E-state index in [0.29, 0.717) is 18.2 Å². The molecule has 2 aromatic rings. The molecule has 1 saturated carbocycles. The fourth-order valence-corrected chi connectivity index (χ4v) is 3.08. The second-order valence-corrected chi connectivity index (χ2v) is 6.89. The van der Waals surface area contributed by atoms with Gasteiger partial charge in [0.2, 0.25) is 0 Å². The normalized spacial score (nSPS) is 14.5. The molecule has 24 heavy (non-hydrogen) atoms. The number of carbonyl (C=O) groups excluding carboxylic acids is 1. The minimum Gasteiger partial charge on any atom is -0.396 e. The summed E-state index contributed by atoms with van der Waals surface area (Å²) in [5.41, 5.74) is 2.30. The van der Waals surface area contributed by atoms with Gasteiger partial charge in [0.25, 0.3) is 5.91 Å². The first-order valence-corrected chi connectivity index (χ1v) is 8.79. The molecule has 2 aromatic heterocycles. The van der Waals surface area contributed by atoms with E-state index in [1.165, 1.54) is 0 Å². The van der Waals surface area contributed by atoms with Crippen molar-refractivity contribution >= 4 is 16.9 Å². The zero-order valence-corrected chi connectivity index (χ0v) is 14.7. The highest BCUT2D eigenvalue weighted by atomic mass is 16.3. The molecule has 0 radical (unpaired) electrons. The van der Waals surface area contributed by atoms with Gasteiger partial charge in [-0.2, -0.15) is 5.10 Å². The second-order valence-electron chi connectivity index (χ2n) is 6.89. The number of aromatic nitrogens is 3. The summed E-state index contributed by atoms with van der Waals surface area (Å²) in [4.78, 5) is 19.7. The number of aliphatic hydroxyl groups is 1. The molecular formula is C18H26N4O2. The van der Waals surface area contributed by atoms with Gasteiger partial charge in [0.1, 0.15) is 0 Å². The molecular weight excluding hydrogens is 304 g/mol. The van der Waals surface area contributed by atoms with E-state index in [4.69, 9.17) is 5.11 Å². The predicted molar refractivity (Wildman–Crippen MR) is 93.0 cm³/mol. The van der Waals surface area contributed by atoms with Gasteiger partial charge in [0, 0.05) is 30.9 Å². The van der Waals surface area contributed by atoms with Crippen LogP contribution in [0.4, 0.5) is 0 Å². The molecule has 6 heteroatoms. The molecule has 1 aliphatic rings. The van der Waals surface area contributed by atoms with Gasteiger partial charge in [-0.3, -0.25) is 4.79 Å². The molecule has 0 saturated heterocycles. The van der Waals surface area contributed by atoms with E-state index in [0.717, 1.165) is 42.4 Å². The van der Waals surface area contributed by atoms with Crippen molar-refractivity contribution in [3.8, 4) is 0 Å². The van der Waals surface area contributed by atoms with Gasteiger partial charge < -0.3 is 10.0 Å². The Bertz CT molecular complexity index is 734. The van der Waals surface area contributed by atoms with Crippen molar-refractivity contribution in [1.82, 2.24) is 19.7 Å². The first-order valence-electron chi connectivity index (χ1n) is 8.79. The Balaban J connectivity index is 1.96. The molecule has 0 spiro atoms. The average Bonchev–Trinajstić information content (AvgIpc) is 3.29. The third-order valence-corrected chi connectivity index (χ3v) is 4.47. The number of carbonyl (C=O) groups is 1. The Morgan fingerprint density at radius 2 is 2.17 bits per heavy atom. The molecule has 0 aromatic carbocycles. The van der Waals surface area contributed by atoms with Gasteiger partial charge in [-0.1, -0.05) is 0 Å². The molecule has 3 rings (SSSR count). The number of amides is 1. The van der Waals surface area contributed by atoms with E-state index in [2.05, 4.69) is 23.9 Å². The van der Waals surface area contributed by atoms with E-state index in [9.17, 15) is 4.79 Å². The zero-order chi connectivity index (χ0) is 17.3. The number of aliphatic hydroxyl groups excluding tert-OH is 1. The number of nitrogens with zero attached hydrogens (tertiary/aromatic N) is 4. The summed E-state index contributed by atoms with van der Waals surface area (Å²) in [6, 6.07) is 2.42. The maximum Gasteiger partial charge on any atom is 0.254 e. The van der Waals surface area contributed by atoms with Crippen LogP contribution < -0.4 is 0 Å². The average molecular weight is 330 g/mol. The van der Waals surface area contributed by atoms with Crippen LogP contribution >= 0.6 is 0 Å². The Hall–Kier alpha value is -1.95. The van der Waals surface area contributed by atoms with Crippen molar-refractivity contribution in [2.24, 2.45) is 0 Å². The van der Waals surface area contributed by atoms with Gasteiger partial charge in [-0.15, -0.1) is 0 Å². The maximum absolute atomic E-state index is 13.2. The van der Waals surface area contributed by atoms with Crippen LogP contribution in [0.2, 0.25) is 0 Å². The first kappa shape index (κ1) is 16.9. The van der Waals surface area contributed by atoms with Gasteiger partial charge in [-0.25, -0.2) is 9.67 Å². The van der Waals surface area contributed by atoms with Gasteiger partial charge >= 0.3 is 0 Å². The lowest BCUT2D eigenvalue weighted by molar-refractivity contribution is 0.0739. The van der Waals surface area contributed by atoms with Crippen LogP contribution in [0, 0.1) is 6.92 Å². The van der Waals surface area contributed by atoms with Crippen molar-refractivity contribution in [3.05, 3.63) is 23.5 Å². The first-order chi connectivity index (χ1) is 11.5. The Morgan fingerprint density at radius 1 is 1.42 bits per heavy atom. The number of hydrogen-bond acceptors (Lipinski definition) is 4. The van der Waals surface area contributed by atoms with Crippen LogP contribution in [-0.2, 0) is 0 Å². The lowest BCUT2D eigenvalue weighted by Gasteiger charge is -2.23. The van der Waals surface area contributed by atoms with Crippen LogP contribution in [-0.4, -0.2) is 49.9 Å². The molecule has 2 heterocycles. The molecule has 1 aliphatic carbocycles. The van der Waals surface area contributed by atoms with Gasteiger partial charge in [0.15, 0.2) is 5.65 Å². The fraction of sp³-hybridized carbons (Fsp3) is 0.611. The van der Waals surface area contributed by atoms with E-state index in [1.807, 2.05) is 22.6 Å². The van der Waals surface area contributed by atoms with Gasteiger partial charge in [-0.05, 0) is 52.5 Å². The van der Waals surface area contributed by atoms with E-state index in [-0.39, 0.29) is 18.6 Å². The van der Waals surface area contributed by atoms with Crippen molar-refractivity contribution < 1.29 is 9.90 Å². The summed E-state index contributed by atoms with van der Waals surface area (Å²) < 4.78 is 1.87. The lowest BCUT2D eigenvalue weighted by Crippen LogP contribution is -2.34. The second kappa shape index (κ2) is 6.89. The van der Waals surface area contributed by atoms with Crippen LogP contribution in [0.15, 0.2) is 12.3 Å². The minimum absolute atomic E-state index is 0.0641. The van der Waals surface area contributed by atoms with Crippen LogP contribution in [0.3, 0.4) is 0 Å². The monoisotopic (exact) mass is 330 g/mol. The molecule has 0 atom stereocenters. The van der Waals surface area contributed by atoms with Gasteiger partial charge in [0.05, 0.1) is 17.1 Å². The van der Waals surface area contributed by atoms with Crippen LogP contribution in [0.1, 0.15) is 61.6 Å². The van der Waals surface area contributed by atoms with Crippen LogP contribution in [0.5, 0.6) is 0 Å². The summed E-state index contributed by atoms with van der Waals surface area (Å²) in [7, 11) is 0.